The normalized spacial score (nSPS) is 15.4. The minimum Gasteiger partial charge on any atom is -0.493 e. The Balaban J connectivity index is 1.91. The molecule has 6 nitrogen and oxygen atoms in total. The van der Waals surface area contributed by atoms with E-state index in [4.69, 9.17) is 17.0 Å². The Bertz CT molecular complexity index is 976. The van der Waals surface area contributed by atoms with Gasteiger partial charge in [0.1, 0.15) is 5.75 Å². The Morgan fingerprint density at radius 2 is 2.00 bits per heavy atom. The van der Waals surface area contributed by atoms with Gasteiger partial charge in [0.15, 0.2) is 4.32 Å². The van der Waals surface area contributed by atoms with E-state index in [-0.39, 0.29) is 11.6 Å². The van der Waals surface area contributed by atoms with Gasteiger partial charge in [-0.25, -0.2) is 0 Å². The van der Waals surface area contributed by atoms with Crippen molar-refractivity contribution in [2.75, 3.05) is 11.5 Å². The quantitative estimate of drug-likeness (QED) is 0.234. The van der Waals surface area contributed by atoms with E-state index in [1.54, 1.807) is 6.08 Å². The molecular formula is C19H15BrN2O4S2. The summed E-state index contributed by atoms with van der Waals surface area (Å²) in [7, 11) is 0. The molecule has 1 fully saturated rings. The van der Waals surface area contributed by atoms with E-state index in [1.807, 2.05) is 25.1 Å². The lowest BCUT2D eigenvalue weighted by atomic mass is 10.2. The first-order valence-electron chi connectivity index (χ1n) is 8.35. The van der Waals surface area contributed by atoms with Crippen LogP contribution in [-0.2, 0) is 4.79 Å². The molecule has 3 rings (SSSR count). The van der Waals surface area contributed by atoms with Crippen molar-refractivity contribution in [2.45, 2.75) is 13.3 Å². The highest BCUT2D eigenvalue weighted by Crippen LogP contribution is 2.38. The SMILES string of the molecule is CCCOc1ccc(Br)cc1/C=C1\SC(=S)N(c2ccc([N+](=O)[O-])cc2)C1=O. The molecule has 0 bridgehead atoms. The van der Waals surface area contributed by atoms with Crippen molar-refractivity contribution in [2.24, 2.45) is 0 Å². The summed E-state index contributed by atoms with van der Waals surface area (Å²) in [6, 6.07) is 11.3. The van der Waals surface area contributed by atoms with Gasteiger partial charge in [0.05, 0.1) is 22.1 Å². The molecule has 2 aromatic carbocycles. The zero-order valence-corrected chi connectivity index (χ0v) is 18.0. The largest absolute Gasteiger partial charge is 0.493 e. The second kappa shape index (κ2) is 8.85. The fourth-order valence-electron chi connectivity index (χ4n) is 2.53. The van der Waals surface area contributed by atoms with Crippen LogP contribution in [0.15, 0.2) is 51.8 Å². The number of ether oxygens (including phenoxy) is 1. The van der Waals surface area contributed by atoms with Crippen molar-refractivity contribution in [1.29, 1.82) is 0 Å². The van der Waals surface area contributed by atoms with Gasteiger partial charge in [-0.1, -0.05) is 46.8 Å². The second-order valence-corrected chi connectivity index (χ2v) is 8.41. The molecule has 9 heteroatoms. The highest BCUT2D eigenvalue weighted by Gasteiger charge is 2.33. The number of benzene rings is 2. The van der Waals surface area contributed by atoms with Gasteiger partial charge in [-0.3, -0.25) is 19.8 Å². The molecular weight excluding hydrogens is 464 g/mol. The van der Waals surface area contributed by atoms with Crippen LogP contribution >= 0.6 is 39.9 Å². The van der Waals surface area contributed by atoms with Crippen molar-refractivity contribution in [1.82, 2.24) is 0 Å². The number of thiocarbonyl (C=S) groups is 1. The van der Waals surface area contributed by atoms with Gasteiger partial charge in [-0.2, -0.15) is 0 Å². The maximum atomic E-state index is 12.9. The summed E-state index contributed by atoms with van der Waals surface area (Å²) in [6.07, 6.45) is 2.62. The molecule has 0 unspecified atom stereocenters. The Morgan fingerprint density at radius 3 is 2.64 bits per heavy atom. The van der Waals surface area contributed by atoms with E-state index >= 15 is 0 Å². The number of carbonyl (C=O) groups is 1. The molecule has 0 aliphatic carbocycles. The zero-order chi connectivity index (χ0) is 20.3. The van der Waals surface area contributed by atoms with Gasteiger partial charge in [0.25, 0.3) is 11.6 Å². The lowest BCUT2D eigenvalue weighted by Gasteiger charge is -2.14. The van der Waals surface area contributed by atoms with Crippen LogP contribution in [0.2, 0.25) is 0 Å². The number of non-ortho nitro benzene ring substituents is 1. The van der Waals surface area contributed by atoms with Crippen molar-refractivity contribution in [3.63, 3.8) is 0 Å². The molecule has 0 atom stereocenters. The van der Waals surface area contributed by atoms with Gasteiger partial charge in [-0.05, 0) is 42.8 Å². The standard InChI is InChI=1S/C19H15BrN2O4S2/c1-2-9-26-16-8-3-13(20)10-12(16)11-17-18(23)21(19(27)28-17)14-4-6-15(7-5-14)22(24)25/h3-8,10-11H,2,9H2,1H3/b17-11-. The van der Waals surface area contributed by atoms with E-state index in [2.05, 4.69) is 15.9 Å². The van der Waals surface area contributed by atoms with Gasteiger partial charge >= 0.3 is 0 Å². The first kappa shape index (κ1) is 20.5. The number of rotatable bonds is 6. The molecule has 1 saturated heterocycles. The summed E-state index contributed by atoms with van der Waals surface area (Å²) in [6.45, 7) is 2.60. The van der Waals surface area contributed by atoms with Gasteiger partial charge in [-0.15, -0.1) is 0 Å². The number of carbonyl (C=O) groups excluding carboxylic acids is 1. The fourth-order valence-corrected chi connectivity index (χ4v) is 4.20. The number of hydrogen-bond acceptors (Lipinski definition) is 6. The van der Waals surface area contributed by atoms with Crippen molar-refractivity contribution < 1.29 is 14.5 Å². The Hall–Kier alpha value is -2.23. The molecule has 144 valence electrons. The minimum atomic E-state index is -0.487. The number of amides is 1. The number of hydrogen-bond donors (Lipinski definition) is 0. The molecule has 0 N–H and O–H groups in total. The Labute approximate surface area is 179 Å². The summed E-state index contributed by atoms with van der Waals surface area (Å²) >= 11 is 9.98. The van der Waals surface area contributed by atoms with Crippen LogP contribution < -0.4 is 9.64 Å². The van der Waals surface area contributed by atoms with Crippen LogP contribution in [-0.4, -0.2) is 21.8 Å². The fraction of sp³-hybridized carbons (Fsp3) is 0.158. The van der Waals surface area contributed by atoms with E-state index < -0.39 is 4.92 Å². The first-order valence-corrected chi connectivity index (χ1v) is 10.4. The third-order valence-electron chi connectivity index (χ3n) is 3.83. The summed E-state index contributed by atoms with van der Waals surface area (Å²) in [4.78, 5) is 25.1. The average Bonchev–Trinajstić information content (AvgIpc) is 2.94. The maximum absolute atomic E-state index is 12.9. The van der Waals surface area contributed by atoms with E-state index in [1.165, 1.54) is 40.9 Å². The molecule has 2 aromatic rings. The van der Waals surface area contributed by atoms with Gasteiger partial charge < -0.3 is 4.74 Å². The van der Waals surface area contributed by atoms with E-state index in [9.17, 15) is 14.9 Å². The van der Waals surface area contributed by atoms with Crippen LogP contribution in [0.1, 0.15) is 18.9 Å². The predicted octanol–water partition coefficient (Wildman–Crippen LogP) is 5.55. The lowest BCUT2D eigenvalue weighted by Crippen LogP contribution is -2.27. The molecule has 0 spiro atoms. The number of nitro groups is 1. The van der Waals surface area contributed by atoms with Crippen molar-refractivity contribution >= 4 is 67.6 Å². The van der Waals surface area contributed by atoms with Crippen LogP contribution in [0.25, 0.3) is 6.08 Å². The van der Waals surface area contributed by atoms with E-state index in [0.717, 1.165) is 16.5 Å². The third-order valence-corrected chi connectivity index (χ3v) is 5.63. The highest BCUT2D eigenvalue weighted by molar-refractivity contribution is 9.10. The molecule has 0 aromatic heterocycles. The third kappa shape index (κ3) is 4.43. The zero-order valence-electron chi connectivity index (χ0n) is 14.8. The number of anilines is 1. The molecule has 0 radical (unpaired) electrons. The van der Waals surface area contributed by atoms with Crippen LogP contribution in [0, 0.1) is 10.1 Å². The summed E-state index contributed by atoms with van der Waals surface area (Å²) in [5.41, 5.74) is 1.22. The minimum absolute atomic E-state index is 0.0448. The van der Waals surface area contributed by atoms with E-state index in [0.29, 0.717) is 27.3 Å². The van der Waals surface area contributed by atoms with Crippen molar-refractivity contribution in [3.8, 4) is 5.75 Å². The van der Waals surface area contributed by atoms with Crippen LogP contribution in [0.3, 0.4) is 0 Å². The molecule has 1 amide bonds. The van der Waals surface area contributed by atoms with Gasteiger partial charge in [0, 0.05) is 22.2 Å². The molecule has 1 heterocycles. The van der Waals surface area contributed by atoms with Gasteiger partial charge in [0.2, 0.25) is 0 Å². The lowest BCUT2D eigenvalue weighted by molar-refractivity contribution is -0.384. The average molecular weight is 479 g/mol. The summed E-state index contributed by atoms with van der Waals surface area (Å²) < 4.78 is 7.00. The van der Waals surface area contributed by atoms with Crippen molar-refractivity contribution in [3.05, 3.63) is 67.5 Å². The monoisotopic (exact) mass is 478 g/mol. The topological polar surface area (TPSA) is 72.7 Å². The predicted molar refractivity (Wildman–Crippen MR) is 119 cm³/mol. The number of nitrogens with zero attached hydrogens (tertiary/aromatic N) is 2. The number of nitro benzene ring substituents is 1. The van der Waals surface area contributed by atoms with Crippen LogP contribution in [0.4, 0.5) is 11.4 Å². The second-order valence-electron chi connectivity index (χ2n) is 5.82. The summed E-state index contributed by atoms with van der Waals surface area (Å²) in [5, 5.41) is 10.8. The summed E-state index contributed by atoms with van der Waals surface area (Å²) in [5.74, 6) is 0.413. The molecule has 0 saturated carbocycles. The number of thioether (sulfide) groups is 1. The molecule has 28 heavy (non-hydrogen) atoms. The molecule has 1 aliphatic heterocycles. The maximum Gasteiger partial charge on any atom is 0.270 e. The number of halogens is 1. The highest BCUT2D eigenvalue weighted by atomic mass is 79.9. The van der Waals surface area contributed by atoms with Crippen LogP contribution in [0.5, 0.6) is 5.75 Å². The first-order chi connectivity index (χ1) is 13.4. The Kier molecular flexibility index (Phi) is 6.48. The smallest absolute Gasteiger partial charge is 0.270 e. The Morgan fingerprint density at radius 1 is 1.29 bits per heavy atom. The molecule has 1 aliphatic rings.